The Labute approximate surface area is 215 Å². The van der Waals surface area contributed by atoms with Gasteiger partial charge in [-0.1, -0.05) is 18.2 Å². The van der Waals surface area contributed by atoms with Gasteiger partial charge >= 0.3 is 18.0 Å². The fourth-order valence-electron chi connectivity index (χ4n) is 4.44. The van der Waals surface area contributed by atoms with E-state index >= 15 is 0 Å². The smallest absolute Gasteiger partial charge is 0.323 e. The molecule has 1 fully saturated rings. The highest BCUT2D eigenvalue weighted by atomic mass is 16.5. The summed E-state index contributed by atoms with van der Waals surface area (Å²) in [6.07, 6.45) is 0.417. The lowest BCUT2D eigenvalue weighted by molar-refractivity contribution is -0.151. The van der Waals surface area contributed by atoms with E-state index in [0.29, 0.717) is 30.0 Å². The van der Waals surface area contributed by atoms with Gasteiger partial charge in [0.1, 0.15) is 11.6 Å². The number of benzene rings is 2. The maximum atomic E-state index is 13.1. The van der Waals surface area contributed by atoms with Gasteiger partial charge in [-0.05, 0) is 55.8 Å². The SMILES string of the molecule is CCOC(=O)[C@H]1CN(C(=O)Nc2ccc3cc(OC)ccc3n2)CC[C@H]1N(C)C(=O)Nc1ccccc1. The molecule has 1 aliphatic heterocycles. The first-order valence-corrected chi connectivity index (χ1v) is 12.2. The van der Waals surface area contributed by atoms with E-state index < -0.39 is 17.9 Å². The second kappa shape index (κ2) is 11.6. The molecule has 4 amide bonds. The number of methoxy groups -OCH3 is 1. The molecule has 1 aromatic heterocycles. The van der Waals surface area contributed by atoms with Crippen LogP contribution in [0.15, 0.2) is 60.7 Å². The Bertz CT molecular complexity index is 1270. The average molecular weight is 506 g/mol. The number of carbonyl (C=O) groups excluding carboxylic acids is 3. The van der Waals surface area contributed by atoms with Crippen molar-refractivity contribution in [1.29, 1.82) is 0 Å². The van der Waals surface area contributed by atoms with Crippen LogP contribution in [0.4, 0.5) is 21.1 Å². The number of hydrogen-bond acceptors (Lipinski definition) is 6. The predicted molar refractivity (Wildman–Crippen MR) is 141 cm³/mol. The quantitative estimate of drug-likeness (QED) is 0.486. The van der Waals surface area contributed by atoms with Gasteiger partial charge in [0.15, 0.2) is 0 Å². The van der Waals surface area contributed by atoms with Gasteiger partial charge in [0.05, 0.1) is 25.2 Å². The van der Waals surface area contributed by atoms with Crippen LogP contribution < -0.4 is 15.4 Å². The third-order valence-corrected chi connectivity index (χ3v) is 6.43. The number of aromatic nitrogens is 1. The maximum absolute atomic E-state index is 13.1. The Morgan fingerprint density at radius 1 is 1.08 bits per heavy atom. The molecular formula is C27H31N5O5. The third-order valence-electron chi connectivity index (χ3n) is 6.43. The number of likely N-dealkylation sites (tertiary alicyclic amines) is 1. The van der Waals surface area contributed by atoms with Crippen molar-refractivity contribution in [3.8, 4) is 5.75 Å². The highest BCUT2D eigenvalue weighted by Gasteiger charge is 2.40. The van der Waals surface area contributed by atoms with Crippen LogP contribution in [0.5, 0.6) is 5.75 Å². The van der Waals surface area contributed by atoms with Crippen molar-refractivity contribution in [2.24, 2.45) is 5.92 Å². The third kappa shape index (κ3) is 6.08. The molecule has 0 spiro atoms. The zero-order valence-corrected chi connectivity index (χ0v) is 21.1. The molecule has 194 valence electrons. The van der Waals surface area contributed by atoms with Crippen molar-refractivity contribution < 1.29 is 23.9 Å². The molecule has 0 bridgehead atoms. The first-order chi connectivity index (χ1) is 17.9. The van der Waals surface area contributed by atoms with Gasteiger partial charge in [-0.25, -0.2) is 14.6 Å². The molecule has 2 atom stereocenters. The van der Waals surface area contributed by atoms with Crippen molar-refractivity contribution >= 4 is 40.4 Å². The Kier molecular flexibility index (Phi) is 8.07. The van der Waals surface area contributed by atoms with E-state index in [0.717, 1.165) is 11.1 Å². The van der Waals surface area contributed by atoms with Gasteiger partial charge in [-0.15, -0.1) is 0 Å². The molecule has 4 rings (SSSR count). The monoisotopic (exact) mass is 505 g/mol. The van der Waals surface area contributed by atoms with E-state index in [1.165, 1.54) is 4.90 Å². The summed E-state index contributed by atoms with van der Waals surface area (Å²) in [5.41, 5.74) is 1.37. The number of amides is 4. The number of rotatable bonds is 6. The summed E-state index contributed by atoms with van der Waals surface area (Å²) in [4.78, 5) is 46.4. The topological polar surface area (TPSA) is 113 Å². The number of para-hydroxylation sites is 1. The second-order valence-electron chi connectivity index (χ2n) is 8.75. The number of piperidine rings is 1. The van der Waals surface area contributed by atoms with Crippen molar-refractivity contribution in [3.63, 3.8) is 0 Å². The lowest BCUT2D eigenvalue weighted by atomic mass is 9.91. The molecule has 0 saturated carbocycles. The van der Waals surface area contributed by atoms with E-state index in [9.17, 15) is 14.4 Å². The van der Waals surface area contributed by atoms with Gasteiger partial charge in [0.25, 0.3) is 0 Å². The molecule has 2 aromatic carbocycles. The zero-order chi connectivity index (χ0) is 26.4. The zero-order valence-electron chi connectivity index (χ0n) is 21.1. The molecule has 0 unspecified atom stereocenters. The maximum Gasteiger partial charge on any atom is 0.323 e. The fraction of sp³-hybridized carbons (Fsp3) is 0.333. The van der Waals surface area contributed by atoms with Gasteiger partial charge < -0.3 is 24.6 Å². The first kappa shape index (κ1) is 25.7. The minimum absolute atomic E-state index is 0.114. The van der Waals surface area contributed by atoms with Gasteiger partial charge in [-0.3, -0.25) is 10.1 Å². The predicted octanol–water partition coefficient (Wildman–Crippen LogP) is 4.19. The van der Waals surface area contributed by atoms with Crippen LogP contribution in [0.25, 0.3) is 10.9 Å². The summed E-state index contributed by atoms with van der Waals surface area (Å²) >= 11 is 0. The van der Waals surface area contributed by atoms with Gasteiger partial charge in [0.2, 0.25) is 0 Å². The number of nitrogens with zero attached hydrogens (tertiary/aromatic N) is 3. The average Bonchev–Trinajstić information content (AvgIpc) is 2.92. The highest BCUT2D eigenvalue weighted by Crippen LogP contribution is 2.25. The molecule has 0 aliphatic carbocycles. The fourth-order valence-corrected chi connectivity index (χ4v) is 4.44. The second-order valence-corrected chi connectivity index (χ2v) is 8.75. The van der Waals surface area contributed by atoms with E-state index in [2.05, 4.69) is 15.6 Å². The van der Waals surface area contributed by atoms with E-state index in [-0.39, 0.29) is 25.2 Å². The van der Waals surface area contributed by atoms with E-state index in [1.807, 2.05) is 36.4 Å². The Hall–Kier alpha value is -4.34. The van der Waals surface area contributed by atoms with Crippen molar-refractivity contribution in [3.05, 3.63) is 60.7 Å². The summed E-state index contributed by atoms with van der Waals surface area (Å²) in [6.45, 7) is 2.41. The molecule has 0 radical (unpaired) electrons. The van der Waals surface area contributed by atoms with Crippen LogP contribution in [0.2, 0.25) is 0 Å². The molecule has 2 N–H and O–H groups in total. The molecule has 1 aliphatic rings. The number of carbonyl (C=O) groups is 3. The number of ether oxygens (including phenoxy) is 2. The number of hydrogen-bond donors (Lipinski definition) is 2. The molecular weight excluding hydrogens is 474 g/mol. The molecule has 10 nitrogen and oxygen atoms in total. The highest BCUT2D eigenvalue weighted by molar-refractivity contribution is 5.92. The van der Waals surface area contributed by atoms with Crippen LogP contribution >= 0.6 is 0 Å². The molecule has 2 heterocycles. The number of esters is 1. The Morgan fingerprint density at radius 2 is 1.86 bits per heavy atom. The minimum Gasteiger partial charge on any atom is -0.497 e. The molecule has 10 heteroatoms. The van der Waals surface area contributed by atoms with Crippen LogP contribution in [0.1, 0.15) is 13.3 Å². The van der Waals surface area contributed by atoms with Crippen molar-refractivity contribution in [1.82, 2.24) is 14.8 Å². The number of pyridine rings is 1. The normalized spacial score (nSPS) is 17.1. The molecule has 37 heavy (non-hydrogen) atoms. The number of nitrogens with one attached hydrogen (secondary N) is 2. The van der Waals surface area contributed by atoms with E-state index in [4.69, 9.17) is 9.47 Å². The summed E-state index contributed by atoms with van der Waals surface area (Å²) in [7, 11) is 3.25. The largest absolute Gasteiger partial charge is 0.497 e. The molecule has 1 saturated heterocycles. The van der Waals surface area contributed by atoms with Crippen LogP contribution in [0, 0.1) is 5.92 Å². The van der Waals surface area contributed by atoms with Crippen molar-refractivity contribution in [2.75, 3.05) is 44.5 Å². The van der Waals surface area contributed by atoms with Gasteiger partial charge in [0, 0.05) is 37.3 Å². The van der Waals surface area contributed by atoms with Gasteiger partial charge in [-0.2, -0.15) is 0 Å². The Balaban J connectivity index is 1.45. The van der Waals surface area contributed by atoms with E-state index in [1.54, 1.807) is 50.2 Å². The summed E-state index contributed by atoms with van der Waals surface area (Å²) in [6, 6.07) is 17.0. The van der Waals surface area contributed by atoms with Crippen molar-refractivity contribution in [2.45, 2.75) is 19.4 Å². The minimum atomic E-state index is -0.692. The Morgan fingerprint density at radius 3 is 2.59 bits per heavy atom. The number of urea groups is 2. The lowest BCUT2D eigenvalue weighted by Crippen LogP contribution is -2.56. The van der Waals surface area contributed by atoms with Crippen LogP contribution in [0.3, 0.4) is 0 Å². The van der Waals surface area contributed by atoms with Crippen LogP contribution in [-0.4, -0.2) is 72.7 Å². The number of anilines is 2. The molecule has 3 aromatic rings. The number of fused-ring (bicyclic) bond motifs is 1. The van der Waals surface area contributed by atoms with Crippen LogP contribution in [-0.2, 0) is 9.53 Å². The first-order valence-electron chi connectivity index (χ1n) is 12.2. The summed E-state index contributed by atoms with van der Waals surface area (Å²) < 4.78 is 10.5. The summed E-state index contributed by atoms with van der Waals surface area (Å²) in [5.74, 6) is -0.0108. The summed E-state index contributed by atoms with van der Waals surface area (Å²) in [5, 5.41) is 6.55. The standard InChI is InChI=1S/C27H31N5O5/c1-4-37-25(33)21-17-32(15-14-23(21)31(2)26(34)28-19-8-6-5-7-9-19)27(35)30-24-13-10-18-16-20(36-3)11-12-22(18)29-24/h5-13,16,21,23H,4,14-15,17H2,1-3H3,(H,28,34)(H,29,30,35)/t21-,23+/m0/s1. The lowest BCUT2D eigenvalue weighted by Gasteiger charge is -2.41.